The number of piperidine rings is 2. The number of amides is 1. The van der Waals surface area contributed by atoms with E-state index in [2.05, 4.69) is 16.4 Å². The van der Waals surface area contributed by atoms with E-state index in [1.807, 2.05) is 37.8 Å². The lowest BCUT2D eigenvalue weighted by Gasteiger charge is -2.43. The normalized spacial score (nSPS) is 22.9. The second kappa shape index (κ2) is 10.7. The molecule has 37 heavy (non-hydrogen) atoms. The molecule has 4 rings (SSSR count). The van der Waals surface area contributed by atoms with Crippen LogP contribution >= 0.6 is 0 Å². The number of anilines is 1. The minimum atomic E-state index is -4.29. The van der Waals surface area contributed by atoms with Crippen molar-refractivity contribution < 1.29 is 22.7 Å². The van der Waals surface area contributed by atoms with Crippen LogP contribution in [-0.2, 0) is 4.74 Å². The van der Waals surface area contributed by atoms with Crippen LogP contribution in [0.4, 0.5) is 23.7 Å². The van der Waals surface area contributed by atoms with Crippen LogP contribution in [0.3, 0.4) is 0 Å². The third-order valence-corrected chi connectivity index (χ3v) is 7.03. The average molecular weight is 518 g/mol. The van der Waals surface area contributed by atoms with Crippen LogP contribution in [0.25, 0.3) is 10.9 Å². The first-order valence-corrected chi connectivity index (χ1v) is 12.8. The minimum absolute atomic E-state index is 0.0270. The number of benzene rings is 1. The molecule has 0 saturated carbocycles. The number of alkyl halides is 3. The number of likely N-dealkylation sites (tertiary alicyclic amines) is 1. The van der Waals surface area contributed by atoms with Gasteiger partial charge in [0.1, 0.15) is 11.7 Å². The van der Waals surface area contributed by atoms with E-state index in [4.69, 9.17) is 4.74 Å². The number of fused-ring (bicyclic) bond motifs is 1. The van der Waals surface area contributed by atoms with Gasteiger partial charge in [-0.3, -0.25) is 4.98 Å². The van der Waals surface area contributed by atoms with Gasteiger partial charge in [-0.05, 0) is 70.2 Å². The Morgan fingerprint density at radius 2 is 2.05 bits per heavy atom. The number of halogens is 3. The summed E-state index contributed by atoms with van der Waals surface area (Å²) in [6, 6.07) is 8.88. The van der Waals surface area contributed by atoms with Crippen LogP contribution in [0.5, 0.6) is 0 Å². The van der Waals surface area contributed by atoms with E-state index < -0.39 is 23.7 Å². The number of hydrogen-bond donors (Lipinski definition) is 1. The molecule has 1 aromatic heterocycles. The SMILES string of the molecule is CC(C)(C)OC(=O)N1CCCC(CN(c2ccc(C#N)c3ncccc23)[C@H]2CNC[C@@H](C(F)(F)F)C2)C1. The Balaban J connectivity index is 1.66. The summed E-state index contributed by atoms with van der Waals surface area (Å²) in [6.45, 7) is 7.33. The van der Waals surface area contributed by atoms with Crippen LogP contribution in [0.1, 0.15) is 45.6 Å². The van der Waals surface area contributed by atoms with Crippen LogP contribution < -0.4 is 10.2 Å². The maximum Gasteiger partial charge on any atom is 0.410 e. The quantitative estimate of drug-likeness (QED) is 0.608. The maximum absolute atomic E-state index is 13.7. The van der Waals surface area contributed by atoms with Crippen molar-refractivity contribution >= 4 is 22.7 Å². The molecule has 2 aliphatic heterocycles. The Morgan fingerprint density at radius 3 is 2.76 bits per heavy atom. The molecule has 1 amide bonds. The number of pyridine rings is 1. The van der Waals surface area contributed by atoms with Crippen molar-refractivity contribution in [2.75, 3.05) is 37.6 Å². The topological polar surface area (TPSA) is 81.5 Å². The second-order valence-electron chi connectivity index (χ2n) is 11.0. The van der Waals surface area contributed by atoms with Gasteiger partial charge in [0.15, 0.2) is 0 Å². The highest BCUT2D eigenvalue weighted by molar-refractivity contribution is 5.95. The highest BCUT2D eigenvalue weighted by atomic mass is 19.4. The Hall–Kier alpha value is -3.06. The molecule has 1 unspecified atom stereocenters. The molecule has 2 fully saturated rings. The van der Waals surface area contributed by atoms with Gasteiger partial charge < -0.3 is 19.9 Å². The number of hydrogen-bond acceptors (Lipinski definition) is 6. The van der Waals surface area contributed by atoms with Gasteiger partial charge in [-0.1, -0.05) is 0 Å². The molecule has 0 aliphatic carbocycles. The van der Waals surface area contributed by atoms with Crippen LogP contribution in [0.2, 0.25) is 0 Å². The van der Waals surface area contributed by atoms with E-state index in [1.54, 1.807) is 23.2 Å². The lowest BCUT2D eigenvalue weighted by atomic mass is 9.91. The molecule has 3 atom stereocenters. The number of nitrogens with zero attached hydrogens (tertiary/aromatic N) is 4. The average Bonchev–Trinajstić information content (AvgIpc) is 2.85. The molecule has 7 nitrogen and oxygen atoms in total. The molecule has 0 radical (unpaired) electrons. The summed E-state index contributed by atoms with van der Waals surface area (Å²) in [4.78, 5) is 20.9. The van der Waals surface area contributed by atoms with E-state index in [0.717, 1.165) is 23.9 Å². The number of aromatic nitrogens is 1. The number of ether oxygens (including phenoxy) is 1. The molecule has 1 N–H and O–H groups in total. The summed E-state index contributed by atoms with van der Waals surface area (Å²) in [5, 5.41) is 13.3. The highest BCUT2D eigenvalue weighted by Gasteiger charge is 2.44. The van der Waals surface area contributed by atoms with E-state index >= 15 is 0 Å². The summed E-state index contributed by atoms with van der Waals surface area (Å²) >= 11 is 0. The zero-order valence-corrected chi connectivity index (χ0v) is 21.5. The number of rotatable bonds is 4. The first-order valence-electron chi connectivity index (χ1n) is 12.8. The first kappa shape index (κ1) is 27.0. The summed E-state index contributed by atoms with van der Waals surface area (Å²) in [6.07, 6.45) is -1.43. The molecule has 10 heteroatoms. The molecule has 1 aromatic carbocycles. The van der Waals surface area contributed by atoms with Crippen LogP contribution in [-0.4, -0.2) is 66.5 Å². The summed E-state index contributed by atoms with van der Waals surface area (Å²) in [5.41, 5.74) is 1.10. The Kier molecular flexibility index (Phi) is 7.83. The molecule has 2 saturated heterocycles. The first-order chi connectivity index (χ1) is 17.5. The van der Waals surface area contributed by atoms with Crippen molar-refractivity contribution in [2.45, 2.75) is 57.9 Å². The Morgan fingerprint density at radius 1 is 1.27 bits per heavy atom. The minimum Gasteiger partial charge on any atom is -0.444 e. The monoisotopic (exact) mass is 517 g/mol. The number of nitrogens with one attached hydrogen (secondary N) is 1. The standard InChI is InChI=1S/C27H34F3N5O2/c1-26(2,3)37-25(36)34-11-5-6-18(16-34)17-35(21-12-20(14-32-15-21)27(28,29)30)23-9-8-19(13-31)24-22(23)7-4-10-33-24/h4,7-10,18,20-21,32H,5-6,11-12,14-17H2,1-3H3/t18?,20-,21+/m0/s1. The zero-order chi connectivity index (χ0) is 26.8. The van der Waals surface area contributed by atoms with Crippen LogP contribution in [0, 0.1) is 23.2 Å². The predicted molar refractivity (Wildman–Crippen MR) is 135 cm³/mol. The van der Waals surface area contributed by atoms with Gasteiger partial charge in [-0.15, -0.1) is 0 Å². The Bertz CT molecular complexity index is 1160. The van der Waals surface area contributed by atoms with Crippen molar-refractivity contribution in [2.24, 2.45) is 11.8 Å². The fourth-order valence-electron chi connectivity index (χ4n) is 5.33. The van der Waals surface area contributed by atoms with E-state index in [0.29, 0.717) is 37.3 Å². The lowest BCUT2D eigenvalue weighted by Crippen LogP contribution is -2.54. The molecule has 2 aromatic rings. The summed E-state index contributed by atoms with van der Waals surface area (Å²) in [7, 11) is 0. The summed E-state index contributed by atoms with van der Waals surface area (Å²) in [5.74, 6) is -1.39. The molecular weight excluding hydrogens is 483 g/mol. The van der Waals surface area contributed by atoms with Gasteiger partial charge in [0.05, 0.1) is 17.0 Å². The van der Waals surface area contributed by atoms with Gasteiger partial charge in [-0.2, -0.15) is 18.4 Å². The van der Waals surface area contributed by atoms with Crippen molar-refractivity contribution in [3.8, 4) is 6.07 Å². The van der Waals surface area contributed by atoms with Gasteiger partial charge in [0.2, 0.25) is 0 Å². The number of carbonyl (C=O) groups excluding carboxylic acids is 1. The van der Waals surface area contributed by atoms with E-state index in [9.17, 15) is 23.2 Å². The molecule has 3 heterocycles. The van der Waals surface area contributed by atoms with Gasteiger partial charge in [-0.25, -0.2) is 4.79 Å². The maximum atomic E-state index is 13.7. The van der Waals surface area contributed by atoms with Gasteiger partial charge in [0.25, 0.3) is 0 Å². The molecular formula is C27H34F3N5O2. The fraction of sp³-hybridized carbons (Fsp3) is 0.593. The molecule has 2 aliphatic rings. The number of carbonyl (C=O) groups is 1. The van der Waals surface area contributed by atoms with Crippen molar-refractivity contribution in [3.05, 3.63) is 36.0 Å². The lowest BCUT2D eigenvalue weighted by molar-refractivity contribution is -0.179. The predicted octanol–water partition coefficient (Wildman–Crippen LogP) is 5.10. The van der Waals surface area contributed by atoms with E-state index in [-0.39, 0.29) is 25.0 Å². The van der Waals surface area contributed by atoms with Gasteiger partial charge in [0, 0.05) is 56.0 Å². The largest absolute Gasteiger partial charge is 0.444 e. The second-order valence-corrected chi connectivity index (χ2v) is 11.0. The van der Waals surface area contributed by atoms with E-state index in [1.165, 1.54) is 0 Å². The third-order valence-electron chi connectivity index (χ3n) is 7.03. The fourth-order valence-corrected chi connectivity index (χ4v) is 5.33. The Labute approximate surface area is 215 Å². The molecule has 0 spiro atoms. The number of nitriles is 1. The van der Waals surface area contributed by atoms with Crippen molar-refractivity contribution in [3.63, 3.8) is 0 Å². The molecule has 0 bridgehead atoms. The van der Waals surface area contributed by atoms with Crippen LogP contribution in [0.15, 0.2) is 30.5 Å². The highest BCUT2D eigenvalue weighted by Crippen LogP contribution is 2.37. The van der Waals surface area contributed by atoms with Crippen molar-refractivity contribution in [1.82, 2.24) is 15.2 Å². The van der Waals surface area contributed by atoms with Crippen molar-refractivity contribution in [1.29, 1.82) is 5.26 Å². The summed E-state index contributed by atoms with van der Waals surface area (Å²) < 4.78 is 46.7. The zero-order valence-electron chi connectivity index (χ0n) is 21.5. The molecule has 200 valence electrons. The van der Waals surface area contributed by atoms with Gasteiger partial charge >= 0.3 is 12.3 Å². The third kappa shape index (κ3) is 6.45. The smallest absolute Gasteiger partial charge is 0.410 e.